The van der Waals surface area contributed by atoms with E-state index in [2.05, 4.69) is 55.0 Å². The number of isocyanates is 2. The summed E-state index contributed by atoms with van der Waals surface area (Å²) in [6, 6.07) is 8.48. The molecule has 0 bridgehead atoms. The first-order valence-corrected chi connectivity index (χ1v) is 7.99. The van der Waals surface area contributed by atoms with Crippen LogP contribution < -0.4 is 0 Å². The lowest BCUT2D eigenvalue weighted by molar-refractivity contribution is 0.320. The van der Waals surface area contributed by atoms with Crippen LogP contribution in [-0.4, -0.2) is 24.2 Å². The van der Waals surface area contributed by atoms with E-state index in [0.29, 0.717) is 12.5 Å². The van der Waals surface area contributed by atoms with E-state index in [4.69, 9.17) is 0 Å². The molecule has 1 unspecified atom stereocenters. The minimum atomic E-state index is -0.352. The second-order valence-corrected chi connectivity index (χ2v) is 6.38. The lowest BCUT2D eigenvalue weighted by atomic mass is 9.86. The standard InChI is InChI=1S/C11H18N2O2.C8H10/c1-10(11(2,3)13-9-15)6-4-5-7-12-8-14;1-7-3-5-8(2)6-4-7/h10H,4-7H2,1-3H3;3-6H,1-2H3. The SMILES string of the molecule is CC(CCCCN=C=O)C(C)(C)N=C=O.Cc1ccc(C)cc1. The average Bonchev–Trinajstić information content (AvgIpc) is 2.50. The molecule has 0 amide bonds. The smallest absolute Gasteiger partial charge is 0.211 e. The Morgan fingerprint density at radius 3 is 1.96 bits per heavy atom. The zero-order valence-electron chi connectivity index (χ0n) is 14.9. The molecule has 1 aromatic rings. The van der Waals surface area contributed by atoms with Crippen LogP contribution >= 0.6 is 0 Å². The fourth-order valence-corrected chi connectivity index (χ4v) is 1.90. The number of carbonyl (C=O) groups excluding carboxylic acids is 2. The molecule has 0 saturated carbocycles. The van der Waals surface area contributed by atoms with E-state index in [9.17, 15) is 9.59 Å². The highest BCUT2D eigenvalue weighted by molar-refractivity contribution is 5.34. The van der Waals surface area contributed by atoms with Crippen molar-refractivity contribution in [1.29, 1.82) is 0 Å². The first kappa shape index (κ1) is 21.0. The summed E-state index contributed by atoms with van der Waals surface area (Å²) in [6.07, 6.45) is 5.93. The minimum absolute atomic E-state index is 0.319. The third-order valence-corrected chi connectivity index (χ3v) is 3.98. The van der Waals surface area contributed by atoms with Crippen molar-refractivity contribution < 1.29 is 9.59 Å². The van der Waals surface area contributed by atoms with Crippen molar-refractivity contribution in [1.82, 2.24) is 0 Å². The van der Waals surface area contributed by atoms with E-state index >= 15 is 0 Å². The van der Waals surface area contributed by atoms with Crippen LogP contribution in [0.1, 0.15) is 51.2 Å². The first-order chi connectivity index (χ1) is 10.8. The molecule has 23 heavy (non-hydrogen) atoms. The molecule has 126 valence electrons. The molecule has 0 radical (unpaired) electrons. The number of hydrogen-bond acceptors (Lipinski definition) is 4. The summed E-state index contributed by atoms with van der Waals surface area (Å²) >= 11 is 0. The van der Waals surface area contributed by atoms with Crippen LogP contribution in [0.25, 0.3) is 0 Å². The van der Waals surface area contributed by atoms with E-state index < -0.39 is 0 Å². The van der Waals surface area contributed by atoms with Crippen molar-refractivity contribution in [2.75, 3.05) is 6.54 Å². The lowest BCUT2D eigenvalue weighted by Gasteiger charge is -2.25. The molecule has 0 aliphatic carbocycles. The van der Waals surface area contributed by atoms with Crippen molar-refractivity contribution in [2.45, 2.75) is 59.4 Å². The molecule has 1 aromatic carbocycles. The Labute approximate surface area is 139 Å². The molecular weight excluding hydrogens is 288 g/mol. The van der Waals surface area contributed by atoms with Gasteiger partial charge in [-0.1, -0.05) is 48.7 Å². The molecule has 0 heterocycles. The van der Waals surface area contributed by atoms with Crippen LogP contribution in [0.3, 0.4) is 0 Å². The van der Waals surface area contributed by atoms with Crippen LogP contribution in [0.5, 0.6) is 0 Å². The van der Waals surface area contributed by atoms with Gasteiger partial charge in [0.25, 0.3) is 0 Å². The largest absolute Gasteiger partial charge is 0.235 e. The number of benzene rings is 1. The van der Waals surface area contributed by atoms with E-state index in [1.54, 1.807) is 6.08 Å². The number of aliphatic imine (C=N–C) groups is 2. The molecule has 1 atom stereocenters. The Bertz CT molecular complexity index is 516. The van der Waals surface area contributed by atoms with Gasteiger partial charge in [-0.25, -0.2) is 14.6 Å². The highest BCUT2D eigenvalue weighted by Crippen LogP contribution is 2.25. The zero-order valence-corrected chi connectivity index (χ0v) is 14.9. The van der Waals surface area contributed by atoms with Crippen LogP contribution in [0, 0.1) is 19.8 Å². The first-order valence-electron chi connectivity index (χ1n) is 7.99. The van der Waals surface area contributed by atoms with Gasteiger partial charge in [-0.15, -0.1) is 0 Å². The molecule has 4 heteroatoms. The van der Waals surface area contributed by atoms with Gasteiger partial charge < -0.3 is 0 Å². The van der Waals surface area contributed by atoms with Crippen molar-refractivity contribution in [2.24, 2.45) is 15.9 Å². The summed E-state index contributed by atoms with van der Waals surface area (Å²) in [5.41, 5.74) is 2.31. The van der Waals surface area contributed by atoms with Gasteiger partial charge >= 0.3 is 0 Å². The predicted octanol–water partition coefficient (Wildman–Crippen LogP) is 4.55. The average molecular weight is 316 g/mol. The summed E-state index contributed by atoms with van der Waals surface area (Å²) < 4.78 is 0. The fraction of sp³-hybridized carbons (Fsp3) is 0.579. The number of unbranched alkanes of at least 4 members (excludes halogenated alkanes) is 1. The zero-order chi connectivity index (χ0) is 17.7. The van der Waals surface area contributed by atoms with Crippen LogP contribution in [0.4, 0.5) is 0 Å². The molecule has 0 fully saturated rings. The molecule has 0 N–H and O–H groups in total. The summed E-state index contributed by atoms with van der Waals surface area (Å²) in [5, 5.41) is 0. The second kappa shape index (κ2) is 11.5. The third-order valence-electron chi connectivity index (χ3n) is 3.98. The molecule has 0 aliphatic heterocycles. The molecule has 4 nitrogen and oxygen atoms in total. The highest BCUT2D eigenvalue weighted by Gasteiger charge is 2.24. The van der Waals surface area contributed by atoms with Crippen molar-refractivity contribution in [3.63, 3.8) is 0 Å². The Hall–Kier alpha value is -2.02. The van der Waals surface area contributed by atoms with Gasteiger partial charge in [-0.05, 0) is 46.5 Å². The Morgan fingerprint density at radius 2 is 1.52 bits per heavy atom. The monoisotopic (exact) mass is 316 g/mol. The van der Waals surface area contributed by atoms with Gasteiger partial charge in [-0.2, -0.15) is 4.99 Å². The number of aryl methyl sites for hydroxylation is 2. The summed E-state index contributed by atoms with van der Waals surface area (Å²) in [7, 11) is 0. The van der Waals surface area contributed by atoms with Crippen molar-refractivity contribution in [3.05, 3.63) is 35.4 Å². The molecule has 0 aromatic heterocycles. The van der Waals surface area contributed by atoms with Gasteiger partial charge in [-0.3, -0.25) is 0 Å². The van der Waals surface area contributed by atoms with Crippen molar-refractivity contribution >= 4 is 12.2 Å². The van der Waals surface area contributed by atoms with Gasteiger partial charge in [0.2, 0.25) is 12.2 Å². The van der Waals surface area contributed by atoms with E-state index in [-0.39, 0.29) is 5.54 Å². The summed E-state index contributed by atoms with van der Waals surface area (Å²) in [4.78, 5) is 27.2. The predicted molar refractivity (Wildman–Crippen MR) is 94.1 cm³/mol. The Morgan fingerprint density at radius 1 is 1.00 bits per heavy atom. The van der Waals surface area contributed by atoms with E-state index in [1.807, 2.05) is 13.8 Å². The van der Waals surface area contributed by atoms with Gasteiger partial charge in [0.05, 0.1) is 12.1 Å². The van der Waals surface area contributed by atoms with Crippen LogP contribution in [0.15, 0.2) is 34.3 Å². The summed E-state index contributed by atoms with van der Waals surface area (Å²) in [5.74, 6) is 0.319. The van der Waals surface area contributed by atoms with Crippen LogP contribution in [0.2, 0.25) is 0 Å². The maximum Gasteiger partial charge on any atom is 0.235 e. The topological polar surface area (TPSA) is 58.9 Å². The highest BCUT2D eigenvalue weighted by atomic mass is 16.1. The van der Waals surface area contributed by atoms with Crippen molar-refractivity contribution in [3.8, 4) is 0 Å². The molecule has 0 saturated heterocycles. The Kier molecular flexibility index (Phi) is 10.5. The maximum atomic E-state index is 10.2. The van der Waals surface area contributed by atoms with E-state index in [0.717, 1.165) is 19.3 Å². The fourth-order valence-electron chi connectivity index (χ4n) is 1.90. The third kappa shape index (κ3) is 10.4. The van der Waals surface area contributed by atoms with Gasteiger partial charge in [0, 0.05) is 0 Å². The van der Waals surface area contributed by atoms with E-state index in [1.165, 1.54) is 17.2 Å². The molecular formula is C19H28N2O2. The number of nitrogens with zero attached hydrogens (tertiary/aromatic N) is 2. The minimum Gasteiger partial charge on any atom is -0.211 e. The normalized spacial score (nSPS) is 11.3. The summed E-state index contributed by atoms with van der Waals surface area (Å²) in [6.45, 7) is 10.6. The second-order valence-electron chi connectivity index (χ2n) is 6.38. The maximum absolute atomic E-state index is 10.2. The van der Waals surface area contributed by atoms with Crippen LogP contribution in [-0.2, 0) is 9.59 Å². The molecule has 0 spiro atoms. The molecule has 0 aliphatic rings. The number of rotatable bonds is 7. The lowest BCUT2D eigenvalue weighted by Crippen LogP contribution is -2.26. The Balaban J connectivity index is 0.000000502. The van der Waals surface area contributed by atoms with Gasteiger partial charge in [0.15, 0.2) is 0 Å². The molecule has 1 rings (SSSR count). The quantitative estimate of drug-likeness (QED) is 0.421. The van der Waals surface area contributed by atoms with Gasteiger partial charge in [0.1, 0.15) is 0 Å². The number of hydrogen-bond donors (Lipinski definition) is 0.